The largest absolute Gasteiger partial charge is 1.00 e. The van der Waals surface area contributed by atoms with Crippen molar-refractivity contribution in [3.8, 4) is 0 Å². The summed E-state index contributed by atoms with van der Waals surface area (Å²) in [6.07, 6.45) is 1.10. The Hall–Kier alpha value is 0.729. The molecule has 0 bridgehead atoms. The van der Waals surface area contributed by atoms with Crippen LogP contribution in [-0.4, -0.2) is 32.1 Å². The molecule has 0 radical (unpaired) electrons. The minimum absolute atomic E-state index is 0. The first-order valence-corrected chi connectivity index (χ1v) is 2.62. The number of nitrogens with two attached hydrogens (primary N) is 1. The van der Waals surface area contributed by atoms with Crippen molar-refractivity contribution in [2.75, 3.05) is 27.2 Å². The Kier molecular flexibility index (Phi) is 21.0. The summed E-state index contributed by atoms with van der Waals surface area (Å²) in [6, 6.07) is 0. The maximum atomic E-state index is 5.25. The fraction of sp³-hybridized carbons (Fsp3) is 1.00. The molecule has 0 unspecified atom stereocenters. The minimum atomic E-state index is 0. The van der Waals surface area contributed by atoms with Gasteiger partial charge < -0.3 is 23.0 Å². The van der Waals surface area contributed by atoms with E-state index in [0.29, 0.717) is 0 Å². The van der Waals surface area contributed by atoms with Crippen LogP contribution in [0.15, 0.2) is 0 Å². The zero-order chi connectivity index (χ0) is 5.70. The van der Waals surface area contributed by atoms with Crippen LogP contribution in [0.5, 0.6) is 0 Å². The van der Waals surface area contributed by atoms with E-state index in [9.17, 15) is 0 Å². The van der Waals surface area contributed by atoms with Crippen molar-refractivity contribution in [3.05, 3.63) is 0 Å². The Morgan fingerprint density at radius 1 is 1.33 bits per heavy atom. The van der Waals surface area contributed by atoms with Crippen LogP contribution >= 0.6 is 0 Å². The minimum Gasteiger partial charge on any atom is -1.00 e. The molecule has 0 amide bonds. The van der Waals surface area contributed by atoms with Gasteiger partial charge in [0, 0.05) is 0 Å². The fourth-order valence-electron chi connectivity index (χ4n) is 0.408. The molecule has 0 fully saturated rings. The maximum absolute atomic E-state index is 5.25. The molecule has 0 spiro atoms. The number of hydrogen-bond donors (Lipinski definition) is 1. The van der Waals surface area contributed by atoms with E-state index < -0.39 is 0 Å². The Bertz CT molecular complexity index is 43.9. The van der Waals surface area contributed by atoms with Crippen LogP contribution in [-0.2, 0) is 17.1 Å². The van der Waals surface area contributed by atoms with Gasteiger partial charge in [-0.3, -0.25) is 0 Å². The molecule has 0 aromatic carbocycles. The molecule has 0 heterocycles. The maximum Gasteiger partial charge on any atom is 1.00 e. The van der Waals surface area contributed by atoms with Crippen molar-refractivity contribution < 1.29 is 29.5 Å². The molecule has 0 aromatic rings. The molecule has 0 saturated heterocycles. The molecule has 9 heavy (non-hydrogen) atoms. The van der Waals surface area contributed by atoms with E-state index in [1.165, 1.54) is 0 Å². The van der Waals surface area contributed by atoms with Crippen LogP contribution < -0.4 is 18.1 Å². The van der Waals surface area contributed by atoms with Gasteiger partial charge in [-0.25, -0.2) is 0 Å². The molecule has 0 saturated carbocycles. The van der Waals surface area contributed by atoms with E-state index >= 15 is 0 Å². The van der Waals surface area contributed by atoms with Crippen molar-refractivity contribution in [1.29, 1.82) is 0 Å². The third kappa shape index (κ3) is 17.7. The molecule has 2 N–H and O–H groups in total. The van der Waals surface area contributed by atoms with E-state index in [2.05, 4.69) is 19.0 Å². The van der Waals surface area contributed by atoms with Crippen molar-refractivity contribution in [2.45, 2.75) is 6.42 Å². The quantitative estimate of drug-likeness (QED) is 0.490. The van der Waals surface area contributed by atoms with Crippen molar-refractivity contribution in [2.24, 2.45) is 5.73 Å². The van der Waals surface area contributed by atoms with Crippen molar-refractivity contribution in [3.63, 3.8) is 0 Å². The summed E-state index contributed by atoms with van der Waals surface area (Å²) in [7, 11) is 4.10. The van der Waals surface area contributed by atoms with Crippen LogP contribution in [0.3, 0.4) is 0 Å². The molecule has 0 aliphatic heterocycles. The average Bonchev–Trinajstić information content (AvgIpc) is 1.61. The number of hydrogen-bond acceptors (Lipinski definition) is 2. The predicted octanol–water partition coefficient (Wildman–Crippen LogP) is -3.10. The summed E-state index contributed by atoms with van der Waals surface area (Å²) in [4.78, 5) is 2.13. The molecule has 4 heteroatoms. The SMILES string of the molecule is CN(C)CCCN.[Cl-].[Cu+]. The first kappa shape index (κ1) is 16.4. The first-order valence-electron chi connectivity index (χ1n) is 2.62. The number of rotatable bonds is 3. The van der Waals surface area contributed by atoms with Crippen LogP contribution in [0.1, 0.15) is 6.42 Å². The molecule has 62 valence electrons. The van der Waals surface area contributed by atoms with Crippen LogP contribution in [0.4, 0.5) is 0 Å². The normalized spacial score (nSPS) is 8.00. The van der Waals surface area contributed by atoms with Gasteiger partial charge in [-0.05, 0) is 33.6 Å². The summed E-state index contributed by atoms with van der Waals surface area (Å²) < 4.78 is 0. The van der Waals surface area contributed by atoms with Gasteiger partial charge in [0.2, 0.25) is 0 Å². The van der Waals surface area contributed by atoms with E-state index in [1.54, 1.807) is 0 Å². The monoisotopic (exact) mass is 200 g/mol. The molecule has 2 nitrogen and oxygen atoms in total. The summed E-state index contributed by atoms with van der Waals surface area (Å²) >= 11 is 0. The third-order valence-electron chi connectivity index (χ3n) is 0.809. The number of halogens is 1. The van der Waals surface area contributed by atoms with E-state index in [-0.39, 0.29) is 29.5 Å². The molecule has 0 atom stereocenters. The van der Waals surface area contributed by atoms with Gasteiger partial charge in [0.25, 0.3) is 0 Å². The van der Waals surface area contributed by atoms with Gasteiger partial charge in [0.05, 0.1) is 0 Å². The standard InChI is InChI=1S/C5H14N2.ClH.Cu/c1-7(2)5-3-4-6;;/h3-6H2,1-2H3;1H;/q;;+1/p-1. The smallest absolute Gasteiger partial charge is 1.00 e. The third-order valence-corrected chi connectivity index (χ3v) is 0.809. The zero-order valence-corrected chi connectivity index (χ0v) is 7.52. The van der Waals surface area contributed by atoms with Crippen LogP contribution in [0.2, 0.25) is 0 Å². The van der Waals surface area contributed by atoms with Crippen LogP contribution in [0, 0.1) is 0 Å². The number of nitrogens with zero attached hydrogens (tertiary/aromatic N) is 1. The Labute approximate surface area is 74.0 Å². The Balaban J connectivity index is -0.000000180. The summed E-state index contributed by atoms with van der Waals surface area (Å²) in [5.74, 6) is 0. The molecular weight excluding hydrogens is 187 g/mol. The van der Waals surface area contributed by atoms with E-state index in [4.69, 9.17) is 5.73 Å². The summed E-state index contributed by atoms with van der Waals surface area (Å²) in [5, 5.41) is 0. The Morgan fingerprint density at radius 2 is 1.78 bits per heavy atom. The average molecular weight is 201 g/mol. The summed E-state index contributed by atoms with van der Waals surface area (Å²) in [6.45, 7) is 1.91. The second kappa shape index (κ2) is 11.5. The molecule has 0 rings (SSSR count). The van der Waals surface area contributed by atoms with Gasteiger partial charge in [0.15, 0.2) is 0 Å². The van der Waals surface area contributed by atoms with Gasteiger partial charge in [-0.2, -0.15) is 0 Å². The van der Waals surface area contributed by atoms with Crippen molar-refractivity contribution >= 4 is 0 Å². The van der Waals surface area contributed by atoms with Crippen molar-refractivity contribution in [1.82, 2.24) is 4.90 Å². The van der Waals surface area contributed by atoms with Gasteiger partial charge in [-0.1, -0.05) is 0 Å². The fourth-order valence-corrected chi connectivity index (χ4v) is 0.408. The van der Waals surface area contributed by atoms with E-state index in [1.807, 2.05) is 0 Å². The van der Waals surface area contributed by atoms with Gasteiger partial charge >= 0.3 is 17.1 Å². The zero-order valence-electron chi connectivity index (χ0n) is 5.83. The first-order chi connectivity index (χ1) is 3.27. The second-order valence-electron chi connectivity index (χ2n) is 1.95. The van der Waals surface area contributed by atoms with Gasteiger partial charge in [0.1, 0.15) is 0 Å². The topological polar surface area (TPSA) is 29.3 Å². The Morgan fingerprint density at radius 3 is 1.89 bits per heavy atom. The predicted molar refractivity (Wildman–Crippen MR) is 32.2 cm³/mol. The van der Waals surface area contributed by atoms with Gasteiger partial charge in [-0.15, -0.1) is 0 Å². The summed E-state index contributed by atoms with van der Waals surface area (Å²) in [5.41, 5.74) is 5.25. The van der Waals surface area contributed by atoms with E-state index in [0.717, 1.165) is 19.5 Å². The molecule has 0 aliphatic rings. The molecule has 0 aromatic heterocycles. The van der Waals surface area contributed by atoms with Crippen LogP contribution in [0.25, 0.3) is 0 Å². The second-order valence-corrected chi connectivity index (χ2v) is 1.95. The molecular formula is C5H14ClCuN2. The molecule has 0 aliphatic carbocycles.